The second-order valence-electron chi connectivity index (χ2n) is 3.90. The van der Waals surface area contributed by atoms with Crippen LogP contribution in [-0.4, -0.2) is 12.5 Å². The SMILES string of the molecule is CCN(C(=O)c1cccc(Cl)c1)c1ccccc1. The number of carbonyl (C=O) groups excluding carboxylic acids is 1. The van der Waals surface area contributed by atoms with Crippen molar-refractivity contribution in [1.29, 1.82) is 0 Å². The van der Waals surface area contributed by atoms with Crippen molar-refractivity contribution < 1.29 is 4.79 Å². The highest BCUT2D eigenvalue weighted by atomic mass is 35.5. The Bertz CT molecular complexity index is 539. The summed E-state index contributed by atoms with van der Waals surface area (Å²) < 4.78 is 0. The molecule has 0 aliphatic rings. The summed E-state index contributed by atoms with van der Waals surface area (Å²) in [5.74, 6) is -0.0359. The molecule has 0 aliphatic heterocycles. The number of rotatable bonds is 3. The molecule has 0 unspecified atom stereocenters. The van der Waals surface area contributed by atoms with Crippen molar-refractivity contribution in [3.63, 3.8) is 0 Å². The standard InChI is InChI=1S/C15H14ClNO/c1-2-17(14-9-4-3-5-10-14)15(18)12-7-6-8-13(16)11-12/h3-11H,2H2,1H3. The molecule has 1 amide bonds. The molecule has 0 aliphatic carbocycles. The number of benzene rings is 2. The molecule has 2 aromatic carbocycles. The van der Waals surface area contributed by atoms with Crippen LogP contribution in [-0.2, 0) is 0 Å². The molecule has 92 valence electrons. The van der Waals surface area contributed by atoms with Crippen molar-refractivity contribution >= 4 is 23.2 Å². The van der Waals surface area contributed by atoms with Gasteiger partial charge in [-0.05, 0) is 37.3 Å². The van der Waals surface area contributed by atoms with E-state index in [0.717, 1.165) is 5.69 Å². The van der Waals surface area contributed by atoms with Crippen LogP contribution in [0.3, 0.4) is 0 Å². The Labute approximate surface area is 112 Å². The molecular weight excluding hydrogens is 246 g/mol. The first-order valence-corrected chi connectivity index (χ1v) is 6.22. The lowest BCUT2D eigenvalue weighted by atomic mass is 10.2. The molecule has 0 N–H and O–H groups in total. The largest absolute Gasteiger partial charge is 0.309 e. The first kappa shape index (κ1) is 12.7. The predicted octanol–water partition coefficient (Wildman–Crippen LogP) is 4.01. The zero-order chi connectivity index (χ0) is 13.0. The zero-order valence-electron chi connectivity index (χ0n) is 10.1. The molecule has 0 atom stereocenters. The average Bonchev–Trinajstić information content (AvgIpc) is 2.41. The maximum atomic E-state index is 12.4. The molecule has 2 nitrogen and oxygen atoms in total. The summed E-state index contributed by atoms with van der Waals surface area (Å²) in [6, 6.07) is 16.6. The van der Waals surface area contributed by atoms with E-state index in [1.54, 1.807) is 29.2 Å². The van der Waals surface area contributed by atoms with E-state index < -0.39 is 0 Å². The Morgan fingerprint density at radius 3 is 2.44 bits per heavy atom. The minimum Gasteiger partial charge on any atom is -0.309 e. The number of carbonyl (C=O) groups is 1. The second-order valence-corrected chi connectivity index (χ2v) is 4.33. The van der Waals surface area contributed by atoms with E-state index in [2.05, 4.69) is 0 Å². The summed E-state index contributed by atoms with van der Waals surface area (Å²) >= 11 is 5.91. The van der Waals surface area contributed by atoms with Gasteiger partial charge < -0.3 is 4.90 Å². The molecule has 0 saturated carbocycles. The summed E-state index contributed by atoms with van der Waals surface area (Å²) in [6.45, 7) is 2.57. The van der Waals surface area contributed by atoms with E-state index in [-0.39, 0.29) is 5.91 Å². The quantitative estimate of drug-likeness (QED) is 0.816. The van der Waals surface area contributed by atoms with Crippen LogP contribution in [0.1, 0.15) is 17.3 Å². The molecule has 0 heterocycles. The number of anilines is 1. The van der Waals surface area contributed by atoms with Gasteiger partial charge in [-0.1, -0.05) is 35.9 Å². The van der Waals surface area contributed by atoms with Gasteiger partial charge in [0, 0.05) is 22.8 Å². The van der Waals surface area contributed by atoms with Crippen molar-refractivity contribution in [1.82, 2.24) is 0 Å². The number of hydrogen-bond acceptors (Lipinski definition) is 1. The lowest BCUT2D eigenvalue weighted by Gasteiger charge is -2.21. The van der Waals surface area contributed by atoms with Gasteiger partial charge in [0.25, 0.3) is 5.91 Å². The van der Waals surface area contributed by atoms with Crippen molar-refractivity contribution in [2.75, 3.05) is 11.4 Å². The minimum absolute atomic E-state index is 0.0359. The van der Waals surface area contributed by atoms with Gasteiger partial charge in [-0.15, -0.1) is 0 Å². The highest BCUT2D eigenvalue weighted by Gasteiger charge is 2.15. The van der Waals surface area contributed by atoms with E-state index in [0.29, 0.717) is 17.1 Å². The van der Waals surface area contributed by atoms with Crippen molar-refractivity contribution in [3.8, 4) is 0 Å². The van der Waals surface area contributed by atoms with Crippen molar-refractivity contribution in [2.45, 2.75) is 6.92 Å². The lowest BCUT2D eigenvalue weighted by molar-refractivity contribution is 0.0988. The average molecular weight is 260 g/mol. The molecule has 3 heteroatoms. The molecule has 0 bridgehead atoms. The summed E-state index contributed by atoms with van der Waals surface area (Å²) in [6.07, 6.45) is 0. The molecule has 2 aromatic rings. The first-order valence-electron chi connectivity index (χ1n) is 5.85. The number of halogens is 1. The van der Waals surface area contributed by atoms with Gasteiger partial charge in [-0.2, -0.15) is 0 Å². The van der Waals surface area contributed by atoms with Gasteiger partial charge in [-0.25, -0.2) is 0 Å². The monoisotopic (exact) mass is 259 g/mol. The number of nitrogens with zero attached hydrogens (tertiary/aromatic N) is 1. The first-order chi connectivity index (χ1) is 8.72. The second kappa shape index (κ2) is 5.69. The molecule has 18 heavy (non-hydrogen) atoms. The molecule has 0 radical (unpaired) electrons. The van der Waals surface area contributed by atoms with Gasteiger partial charge in [0.15, 0.2) is 0 Å². The third-order valence-electron chi connectivity index (χ3n) is 2.70. The summed E-state index contributed by atoms with van der Waals surface area (Å²) in [7, 11) is 0. The van der Waals surface area contributed by atoms with E-state index in [4.69, 9.17) is 11.6 Å². The normalized spacial score (nSPS) is 10.1. The van der Waals surface area contributed by atoms with Gasteiger partial charge >= 0.3 is 0 Å². The van der Waals surface area contributed by atoms with E-state index in [9.17, 15) is 4.79 Å². The van der Waals surface area contributed by atoms with Crippen molar-refractivity contribution in [3.05, 3.63) is 65.2 Å². The van der Waals surface area contributed by atoms with E-state index in [1.165, 1.54) is 0 Å². The van der Waals surface area contributed by atoms with Crippen LogP contribution in [0.25, 0.3) is 0 Å². The van der Waals surface area contributed by atoms with Crippen LogP contribution in [0, 0.1) is 0 Å². The molecule has 0 aromatic heterocycles. The van der Waals surface area contributed by atoms with Gasteiger partial charge in [-0.3, -0.25) is 4.79 Å². The Morgan fingerprint density at radius 2 is 1.83 bits per heavy atom. The molecule has 2 rings (SSSR count). The minimum atomic E-state index is -0.0359. The highest BCUT2D eigenvalue weighted by Crippen LogP contribution is 2.18. The maximum Gasteiger partial charge on any atom is 0.258 e. The van der Waals surface area contributed by atoms with E-state index in [1.807, 2.05) is 37.3 Å². The van der Waals surface area contributed by atoms with Crippen LogP contribution in [0.5, 0.6) is 0 Å². The Morgan fingerprint density at radius 1 is 1.11 bits per heavy atom. The van der Waals surface area contributed by atoms with Crippen LogP contribution in [0.2, 0.25) is 5.02 Å². The highest BCUT2D eigenvalue weighted by molar-refractivity contribution is 6.31. The topological polar surface area (TPSA) is 20.3 Å². The Balaban J connectivity index is 2.32. The van der Waals surface area contributed by atoms with Crippen LogP contribution < -0.4 is 4.90 Å². The third kappa shape index (κ3) is 2.71. The zero-order valence-corrected chi connectivity index (χ0v) is 10.9. The Hall–Kier alpha value is -1.80. The number of hydrogen-bond donors (Lipinski definition) is 0. The van der Waals surface area contributed by atoms with Gasteiger partial charge in [0.2, 0.25) is 0 Å². The van der Waals surface area contributed by atoms with Crippen LogP contribution in [0.15, 0.2) is 54.6 Å². The smallest absolute Gasteiger partial charge is 0.258 e. The number of amides is 1. The third-order valence-corrected chi connectivity index (χ3v) is 2.94. The molecule has 0 saturated heterocycles. The molecule has 0 fully saturated rings. The fourth-order valence-electron chi connectivity index (χ4n) is 1.83. The van der Waals surface area contributed by atoms with Crippen molar-refractivity contribution in [2.24, 2.45) is 0 Å². The van der Waals surface area contributed by atoms with E-state index >= 15 is 0 Å². The summed E-state index contributed by atoms with van der Waals surface area (Å²) in [4.78, 5) is 14.1. The molecular formula is C15H14ClNO. The summed E-state index contributed by atoms with van der Waals surface area (Å²) in [5, 5.41) is 0.574. The molecule has 0 spiro atoms. The van der Waals surface area contributed by atoms with Crippen LogP contribution in [0.4, 0.5) is 5.69 Å². The fourth-order valence-corrected chi connectivity index (χ4v) is 2.02. The Kier molecular flexibility index (Phi) is 4.00. The van der Waals surface area contributed by atoms with Gasteiger partial charge in [0.1, 0.15) is 0 Å². The maximum absolute atomic E-state index is 12.4. The lowest BCUT2D eigenvalue weighted by Crippen LogP contribution is -2.30. The fraction of sp³-hybridized carbons (Fsp3) is 0.133. The van der Waals surface area contributed by atoms with Gasteiger partial charge in [0.05, 0.1) is 0 Å². The number of para-hydroxylation sites is 1. The summed E-state index contributed by atoms with van der Waals surface area (Å²) in [5.41, 5.74) is 1.50. The predicted molar refractivity (Wildman–Crippen MR) is 75.2 cm³/mol. The van der Waals surface area contributed by atoms with Crippen LogP contribution >= 0.6 is 11.6 Å².